The van der Waals surface area contributed by atoms with Gasteiger partial charge in [-0.15, -0.1) is 0 Å². The minimum atomic E-state index is -7.12. The van der Waals surface area contributed by atoms with Crippen LogP contribution in [0.2, 0.25) is 0 Å². The third-order valence-electron chi connectivity index (χ3n) is 2.56. The second kappa shape index (κ2) is 5.27. The van der Waals surface area contributed by atoms with E-state index in [1.807, 2.05) is 0 Å². The highest BCUT2D eigenvalue weighted by Crippen LogP contribution is 2.47. The molecular weight excluding hydrogens is 436 g/mol. The minimum absolute atomic E-state index is 0.715. The molecule has 0 unspecified atom stereocenters. The first-order chi connectivity index (χ1) is 9.50. The number of hydrogen-bond acceptors (Lipinski definition) is 10. The van der Waals surface area contributed by atoms with Crippen molar-refractivity contribution in [3.8, 4) is 0 Å². The van der Waals surface area contributed by atoms with Crippen LogP contribution in [0.15, 0.2) is 0 Å². The molecule has 0 aromatic carbocycles. The zero-order valence-corrected chi connectivity index (χ0v) is 14.4. The van der Waals surface area contributed by atoms with Crippen molar-refractivity contribution in [2.75, 3.05) is 0 Å². The molecular formula is C3H8O15S5. The summed E-state index contributed by atoms with van der Waals surface area (Å²) < 4.78 is 145. The second-order valence-electron chi connectivity index (χ2n) is 3.88. The fourth-order valence-electron chi connectivity index (χ4n) is 1.55. The Bertz CT molecular complexity index is 905. The van der Waals surface area contributed by atoms with Gasteiger partial charge in [0.15, 0.2) is 0 Å². The molecule has 0 aliphatic heterocycles. The van der Waals surface area contributed by atoms with Gasteiger partial charge in [-0.25, -0.2) is 0 Å². The molecule has 0 aliphatic rings. The van der Waals surface area contributed by atoms with Gasteiger partial charge in [0, 0.05) is 0 Å². The van der Waals surface area contributed by atoms with Gasteiger partial charge in [0.25, 0.3) is 24.3 Å². The monoisotopic (exact) mass is 444 g/mol. The fraction of sp³-hybridized carbons (Fsp3) is 1.00. The van der Waals surface area contributed by atoms with E-state index < -0.39 is 65.0 Å². The highest BCUT2D eigenvalue weighted by molar-refractivity contribution is 8.24. The van der Waals surface area contributed by atoms with Crippen LogP contribution < -0.4 is 0 Å². The molecule has 0 rings (SSSR count). The summed E-state index contributed by atoms with van der Waals surface area (Å²) in [5, 5.41) is 0. The SMILES string of the molecule is CC(C(S(=O)(=O)O)(S(=O)(=O)O)S(=O)(=O)O)(S(=O)(=O)O)S(=O)(=O)O. The maximum absolute atomic E-state index is 11.2. The molecule has 0 aromatic heterocycles. The minimum Gasteiger partial charge on any atom is -0.284 e. The standard InChI is InChI=1S/C3H8O15S5/c1-2(19(4,5)6,20(7,8)9)3(21(10,11)12,22(13,14)15)23(16,17)18/h1H3,(H,4,5,6)(H,7,8,9)(H,10,11,12)(H,13,14,15)(H,16,17,18). The average Bonchev–Trinajstić information content (AvgIpc) is 2.05. The molecule has 0 saturated heterocycles. The van der Waals surface area contributed by atoms with Crippen molar-refractivity contribution in [1.29, 1.82) is 0 Å². The molecule has 0 saturated carbocycles. The first-order valence-corrected chi connectivity index (χ1v) is 11.6. The summed E-state index contributed by atoms with van der Waals surface area (Å²) in [5.74, 6) is 0. The molecule has 0 aromatic rings. The van der Waals surface area contributed by atoms with Crippen LogP contribution in [-0.4, -0.2) is 72.3 Å². The van der Waals surface area contributed by atoms with Gasteiger partial charge in [-0.2, -0.15) is 42.1 Å². The van der Waals surface area contributed by atoms with Crippen LogP contribution in [0.1, 0.15) is 6.92 Å². The van der Waals surface area contributed by atoms with Crippen LogP contribution in [0.3, 0.4) is 0 Å². The summed E-state index contributed by atoms with van der Waals surface area (Å²) in [7, 11) is -34.9. The van der Waals surface area contributed by atoms with Crippen LogP contribution in [-0.2, 0) is 50.6 Å². The third kappa shape index (κ3) is 2.87. The lowest BCUT2D eigenvalue weighted by atomic mass is 10.5. The van der Waals surface area contributed by atoms with E-state index in [4.69, 9.17) is 22.8 Å². The molecule has 140 valence electrons. The van der Waals surface area contributed by atoms with Crippen molar-refractivity contribution in [2.24, 2.45) is 0 Å². The fourth-order valence-corrected chi connectivity index (χ4v) is 11.6. The quantitative estimate of drug-likeness (QED) is 0.252. The normalized spacial score (nSPS) is 16.3. The Labute approximate surface area is 130 Å². The molecule has 23 heavy (non-hydrogen) atoms. The molecule has 0 radical (unpaired) electrons. The van der Waals surface area contributed by atoms with E-state index in [-0.39, 0.29) is 0 Å². The van der Waals surface area contributed by atoms with Crippen molar-refractivity contribution in [2.45, 2.75) is 14.4 Å². The molecule has 5 N–H and O–H groups in total. The van der Waals surface area contributed by atoms with Crippen molar-refractivity contribution >= 4 is 50.6 Å². The predicted octanol–water partition coefficient (Wildman–Crippen LogP) is -3.20. The zero-order chi connectivity index (χ0) is 19.5. The van der Waals surface area contributed by atoms with Gasteiger partial charge in [-0.05, 0) is 6.92 Å². The summed E-state index contributed by atoms with van der Waals surface area (Å²) in [4.78, 5) is 0. The largest absolute Gasteiger partial charge is 0.382 e. The van der Waals surface area contributed by atoms with Crippen LogP contribution in [0.25, 0.3) is 0 Å². The van der Waals surface area contributed by atoms with Gasteiger partial charge in [0.2, 0.25) is 0 Å². The maximum Gasteiger partial charge on any atom is 0.382 e. The molecule has 0 fully saturated rings. The summed E-state index contributed by atoms with van der Waals surface area (Å²) in [6.07, 6.45) is 0. The summed E-state index contributed by atoms with van der Waals surface area (Å²) in [6.45, 7) is -0.715. The maximum atomic E-state index is 11.2. The number of hydrogen-bond donors (Lipinski definition) is 5. The summed E-state index contributed by atoms with van der Waals surface area (Å²) >= 11 is 0. The molecule has 0 aliphatic carbocycles. The van der Waals surface area contributed by atoms with Gasteiger partial charge in [0.05, 0.1) is 0 Å². The molecule has 20 heteroatoms. The summed E-state index contributed by atoms with van der Waals surface area (Å²) in [5.41, 5.74) is 0. The Morgan fingerprint density at radius 2 is 0.652 bits per heavy atom. The topological polar surface area (TPSA) is 272 Å². The molecule has 0 bridgehead atoms. The van der Waals surface area contributed by atoms with E-state index in [0.717, 1.165) is 0 Å². The molecule has 0 spiro atoms. The lowest BCUT2D eigenvalue weighted by Gasteiger charge is -2.35. The molecule has 0 amide bonds. The molecule has 0 atom stereocenters. The van der Waals surface area contributed by atoms with Crippen molar-refractivity contribution < 1.29 is 64.9 Å². The average molecular weight is 444 g/mol. The first-order valence-electron chi connectivity index (χ1n) is 4.35. The van der Waals surface area contributed by atoms with Gasteiger partial charge >= 0.3 is 33.8 Å². The lowest BCUT2D eigenvalue weighted by molar-refractivity contribution is 0.379. The van der Waals surface area contributed by atoms with Crippen molar-refractivity contribution in [1.82, 2.24) is 0 Å². The molecule has 0 heterocycles. The van der Waals surface area contributed by atoms with Gasteiger partial charge in [-0.3, -0.25) is 22.8 Å². The van der Waals surface area contributed by atoms with E-state index in [2.05, 4.69) is 0 Å². The smallest absolute Gasteiger partial charge is 0.284 e. The van der Waals surface area contributed by atoms with E-state index in [1.54, 1.807) is 0 Å². The Balaban J connectivity index is 8.35. The first kappa shape index (κ1) is 22.6. The van der Waals surface area contributed by atoms with Gasteiger partial charge in [0.1, 0.15) is 0 Å². The van der Waals surface area contributed by atoms with Gasteiger partial charge in [-0.1, -0.05) is 0 Å². The van der Waals surface area contributed by atoms with Gasteiger partial charge < -0.3 is 0 Å². The van der Waals surface area contributed by atoms with Crippen LogP contribution >= 0.6 is 0 Å². The lowest BCUT2D eigenvalue weighted by Crippen LogP contribution is -2.71. The van der Waals surface area contributed by atoms with Crippen molar-refractivity contribution in [3.63, 3.8) is 0 Å². The van der Waals surface area contributed by atoms with E-state index in [9.17, 15) is 42.1 Å². The highest BCUT2D eigenvalue weighted by atomic mass is 32.3. The van der Waals surface area contributed by atoms with Crippen LogP contribution in [0.5, 0.6) is 0 Å². The Kier molecular flexibility index (Phi) is 5.17. The van der Waals surface area contributed by atoms with E-state index in [0.29, 0.717) is 0 Å². The second-order valence-corrected chi connectivity index (χ2v) is 13.1. The predicted molar refractivity (Wildman–Crippen MR) is 68.9 cm³/mol. The van der Waals surface area contributed by atoms with Crippen LogP contribution in [0, 0.1) is 0 Å². The van der Waals surface area contributed by atoms with E-state index in [1.165, 1.54) is 0 Å². The zero-order valence-electron chi connectivity index (χ0n) is 10.4. The third-order valence-corrected chi connectivity index (χ3v) is 14.2. The van der Waals surface area contributed by atoms with E-state index >= 15 is 0 Å². The molecule has 15 nitrogen and oxygen atoms in total. The Hall–Kier alpha value is -0.450. The van der Waals surface area contributed by atoms with Crippen molar-refractivity contribution in [3.05, 3.63) is 0 Å². The van der Waals surface area contributed by atoms with Crippen LogP contribution in [0.4, 0.5) is 0 Å². The Morgan fingerprint density at radius 3 is 0.696 bits per heavy atom. The Morgan fingerprint density at radius 1 is 0.478 bits per heavy atom. The summed E-state index contributed by atoms with van der Waals surface area (Å²) in [6, 6.07) is 0. The highest BCUT2D eigenvalue weighted by Gasteiger charge is 2.85. The number of rotatable bonds is 6.